The summed E-state index contributed by atoms with van der Waals surface area (Å²) in [5.41, 5.74) is 1.68. The fraction of sp³-hybridized carbons (Fsp3) is 0.222. The number of benzene rings is 2. The molecule has 0 saturated carbocycles. The number of carboxylic acids is 1. The van der Waals surface area contributed by atoms with Crippen LogP contribution in [-0.4, -0.2) is 29.0 Å². The van der Waals surface area contributed by atoms with E-state index in [4.69, 9.17) is 0 Å². The molecule has 0 spiro atoms. The molecule has 0 bridgehead atoms. The van der Waals surface area contributed by atoms with E-state index in [1.165, 1.54) is 0 Å². The van der Waals surface area contributed by atoms with Gasteiger partial charge in [0.25, 0.3) is 0 Å². The zero-order valence-electron chi connectivity index (χ0n) is 12.7. The minimum absolute atomic E-state index is 0.366. The molecule has 0 aliphatic heterocycles. The fourth-order valence-corrected chi connectivity index (χ4v) is 2.21. The molecular weight excluding hydrogens is 319 g/mol. The molecule has 0 radical (unpaired) electrons. The summed E-state index contributed by atoms with van der Waals surface area (Å²) in [5, 5.41) is 9.24. The maximum atomic E-state index is 12.4. The molecule has 2 rings (SSSR count). The van der Waals surface area contributed by atoms with E-state index < -0.39 is 31.0 Å². The second kappa shape index (κ2) is 7.77. The summed E-state index contributed by atoms with van der Waals surface area (Å²) in [6, 6.07) is 16.2. The van der Waals surface area contributed by atoms with Gasteiger partial charge in [0.1, 0.15) is 6.04 Å². The zero-order chi connectivity index (χ0) is 17.6. The highest BCUT2D eigenvalue weighted by atomic mass is 19.4. The Morgan fingerprint density at radius 2 is 1.42 bits per heavy atom. The van der Waals surface area contributed by atoms with E-state index in [1.54, 1.807) is 60.7 Å². The standard InChI is InChI=1S/C18H16F3NO2/c19-18(20,21)12-11-15(17(23)24)22-16(13-7-3-1-4-8-13)14-9-5-2-6-10-14/h1-10,15H,11-12H2,(H,23,24). The van der Waals surface area contributed by atoms with Gasteiger partial charge in [-0.15, -0.1) is 0 Å². The Kier molecular flexibility index (Phi) is 5.73. The third-order valence-corrected chi connectivity index (χ3v) is 3.37. The van der Waals surface area contributed by atoms with Gasteiger partial charge in [0.2, 0.25) is 0 Å². The van der Waals surface area contributed by atoms with Gasteiger partial charge in [-0.25, -0.2) is 4.79 Å². The minimum Gasteiger partial charge on any atom is -0.480 e. The molecule has 6 heteroatoms. The number of carboxylic acid groups (broad SMARTS) is 1. The van der Waals surface area contributed by atoms with Crippen LogP contribution in [0, 0.1) is 0 Å². The fourth-order valence-electron chi connectivity index (χ4n) is 2.21. The SMILES string of the molecule is O=C(O)C(CCC(F)(F)F)N=C(c1ccccc1)c1ccccc1. The second-order valence-electron chi connectivity index (χ2n) is 5.22. The van der Waals surface area contributed by atoms with Crippen LogP contribution in [0.25, 0.3) is 0 Å². The predicted molar refractivity (Wildman–Crippen MR) is 85.2 cm³/mol. The van der Waals surface area contributed by atoms with Gasteiger partial charge < -0.3 is 5.11 Å². The summed E-state index contributed by atoms with van der Waals surface area (Å²) in [6.45, 7) is 0. The van der Waals surface area contributed by atoms with Crippen LogP contribution >= 0.6 is 0 Å². The molecule has 0 aromatic heterocycles. The average Bonchev–Trinajstić information content (AvgIpc) is 2.55. The predicted octanol–water partition coefficient (Wildman–Crippen LogP) is 4.32. The van der Waals surface area contributed by atoms with Gasteiger partial charge >= 0.3 is 12.1 Å². The third-order valence-electron chi connectivity index (χ3n) is 3.37. The molecule has 0 aliphatic rings. The molecule has 24 heavy (non-hydrogen) atoms. The average molecular weight is 335 g/mol. The van der Waals surface area contributed by atoms with Crippen LogP contribution < -0.4 is 0 Å². The molecule has 126 valence electrons. The number of alkyl halides is 3. The Hall–Kier alpha value is -2.63. The van der Waals surface area contributed by atoms with Gasteiger partial charge in [-0.2, -0.15) is 13.2 Å². The first-order valence-corrected chi connectivity index (χ1v) is 7.35. The van der Waals surface area contributed by atoms with Crippen molar-refractivity contribution < 1.29 is 23.1 Å². The van der Waals surface area contributed by atoms with Crippen molar-refractivity contribution in [2.45, 2.75) is 25.1 Å². The van der Waals surface area contributed by atoms with E-state index in [0.717, 1.165) is 0 Å². The van der Waals surface area contributed by atoms with Crippen LogP contribution in [0.4, 0.5) is 13.2 Å². The van der Waals surface area contributed by atoms with E-state index in [0.29, 0.717) is 16.8 Å². The van der Waals surface area contributed by atoms with Crippen molar-refractivity contribution in [2.75, 3.05) is 0 Å². The first-order valence-electron chi connectivity index (χ1n) is 7.35. The number of carbonyl (C=O) groups is 1. The number of hydrogen-bond donors (Lipinski definition) is 1. The summed E-state index contributed by atoms with van der Waals surface area (Å²) < 4.78 is 37.3. The Morgan fingerprint density at radius 3 is 1.79 bits per heavy atom. The van der Waals surface area contributed by atoms with Crippen molar-refractivity contribution in [3.63, 3.8) is 0 Å². The molecule has 0 saturated heterocycles. The maximum Gasteiger partial charge on any atom is 0.389 e. The lowest BCUT2D eigenvalue weighted by molar-refractivity contribution is -0.144. The summed E-state index contributed by atoms with van der Waals surface area (Å²) in [4.78, 5) is 15.5. The van der Waals surface area contributed by atoms with Gasteiger partial charge in [-0.05, 0) is 6.42 Å². The van der Waals surface area contributed by atoms with E-state index in [-0.39, 0.29) is 0 Å². The van der Waals surface area contributed by atoms with Crippen molar-refractivity contribution in [1.29, 1.82) is 0 Å². The summed E-state index contributed by atoms with van der Waals surface area (Å²) in [7, 11) is 0. The molecule has 1 unspecified atom stereocenters. The van der Waals surface area contributed by atoms with Crippen LogP contribution in [0.2, 0.25) is 0 Å². The van der Waals surface area contributed by atoms with E-state index in [1.807, 2.05) is 0 Å². The highest BCUT2D eigenvalue weighted by Crippen LogP contribution is 2.24. The molecular formula is C18H16F3NO2. The van der Waals surface area contributed by atoms with Crippen LogP contribution in [-0.2, 0) is 4.79 Å². The maximum absolute atomic E-state index is 12.4. The Morgan fingerprint density at radius 1 is 0.958 bits per heavy atom. The van der Waals surface area contributed by atoms with E-state index in [9.17, 15) is 23.1 Å². The number of rotatable bonds is 6. The van der Waals surface area contributed by atoms with Crippen molar-refractivity contribution in [2.24, 2.45) is 4.99 Å². The second-order valence-corrected chi connectivity index (χ2v) is 5.22. The highest BCUT2D eigenvalue weighted by Gasteiger charge is 2.30. The lowest BCUT2D eigenvalue weighted by Gasteiger charge is -2.14. The van der Waals surface area contributed by atoms with Crippen LogP contribution in [0.3, 0.4) is 0 Å². The number of hydrogen-bond acceptors (Lipinski definition) is 2. The third kappa shape index (κ3) is 5.22. The van der Waals surface area contributed by atoms with Crippen LogP contribution in [0.5, 0.6) is 0 Å². The van der Waals surface area contributed by atoms with Gasteiger partial charge in [-0.1, -0.05) is 60.7 Å². The lowest BCUT2D eigenvalue weighted by Crippen LogP contribution is -2.23. The minimum atomic E-state index is -4.41. The monoisotopic (exact) mass is 335 g/mol. The van der Waals surface area contributed by atoms with Crippen molar-refractivity contribution in [3.05, 3.63) is 71.8 Å². The Balaban J connectivity index is 2.40. The summed E-state index contributed by atoms with van der Waals surface area (Å²) in [6.07, 6.45) is -6.20. The molecule has 1 atom stereocenters. The lowest BCUT2D eigenvalue weighted by atomic mass is 10.0. The first-order chi connectivity index (χ1) is 11.4. The number of nitrogens with zero attached hydrogens (tertiary/aromatic N) is 1. The Bertz CT molecular complexity index is 656. The summed E-state index contributed by atoms with van der Waals surface area (Å²) in [5.74, 6) is -1.37. The Labute approximate surface area is 137 Å². The molecule has 1 N–H and O–H groups in total. The molecule has 0 heterocycles. The van der Waals surface area contributed by atoms with Gasteiger partial charge in [0.15, 0.2) is 0 Å². The van der Waals surface area contributed by atoms with E-state index >= 15 is 0 Å². The molecule has 3 nitrogen and oxygen atoms in total. The molecule has 2 aromatic rings. The zero-order valence-corrected chi connectivity index (χ0v) is 12.7. The normalized spacial score (nSPS) is 12.5. The van der Waals surface area contributed by atoms with Crippen molar-refractivity contribution >= 4 is 11.7 Å². The number of halogens is 3. The van der Waals surface area contributed by atoms with Gasteiger partial charge in [0.05, 0.1) is 5.71 Å². The first kappa shape index (κ1) is 17.7. The van der Waals surface area contributed by atoms with Crippen LogP contribution in [0.1, 0.15) is 24.0 Å². The molecule has 0 aliphatic carbocycles. The van der Waals surface area contributed by atoms with Gasteiger partial charge in [-0.3, -0.25) is 4.99 Å². The topological polar surface area (TPSA) is 49.7 Å². The van der Waals surface area contributed by atoms with E-state index in [2.05, 4.69) is 4.99 Å². The van der Waals surface area contributed by atoms with Crippen LogP contribution in [0.15, 0.2) is 65.7 Å². The largest absolute Gasteiger partial charge is 0.480 e. The van der Waals surface area contributed by atoms with Gasteiger partial charge in [0, 0.05) is 17.5 Å². The molecule has 2 aromatic carbocycles. The summed E-state index contributed by atoms with van der Waals surface area (Å²) >= 11 is 0. The van der Waals surface area contributed by atoms with Crippen molar-refractivity contribution in [3.8, 4) is 0 Å². The molecule has 0 amide bonds. The van der Waals surface area contributed by atoms with Crippen molar-refractivity contribution in [1.82, 2.24) is 0 Å². The number of aliphatic carboxylic acids is 1. The quantitative estimate of drug-likeness (QED) is 0.799. The molecule has 0 fully saturated rings. The highest BCUT2D eigenvalue weighted by molar-refractivity contribution is 6.13. The number of aliphatic imine (C=N–C) groups is 1. The smallest absolute Gasteiger partial charge is 0.389 e.